The molecule has 4 unspecified atom stereocenters. The molecule has 2 fully saturated rings. The Balaban J connectivity index is 1.76. The second-order valence-corrected chi connectivity index (χ2v) is 8.54. The molecular weight excluding hydrogens is 284 g/mol. The maximum Gasteiger partial charge on any atom is 0.240 e. The zero-order valence-corrected chi connectivity index (χ0v) is 13.5. The molecule has 3 rings (SSSR count). The lowest BCUT2D eigenvalue weighted by atomic mass is 9.84. The molecule has 2 aliphatic carbocycles. The van der Waals surface area contributed by atoms with Crippen LogP contribution >= 0.6 is 0 Å². The predicted octanol–water partition coefficient (Wildman–Crippen LogP) is 2.68. The topological polar surface area (TPSA) is 72.2 Å². The molecule has 4 nitrogen and oxygen atoms in total. The summed E-state index contributed by atoms with van der Waals surface area (Å²) in [6, 6.07) is 4.97. The summed E-state index contributed by atoms with van der Waals surface area (Å²) in [7, 11) is -3.49. The van der Waals surface area contributed by atoms with Crippen LogP contribution in [0.5, 0.6) is 0 Å². The van der Waals surface area contributed by atoms with Crippen molar-refractivity contribution in [2.24, 2.45) is 17.8 Å². The van der Waals surface area contributed by atoms with Gasteiger partial charge in [-0.25, -0.2) is 13.1 Å². The van der Waals surface area contributed by atoms with E-state index in [9.17, 15) is 8.42 Å². The van der Waals surface area contributed by atoms with Gasteiger partial charge >= 0.3 is 0 Å². The summed E-state index contributed by atoms with van der Waals surface area (Å²) in [5.74, 6) is 2.01. The van der Waals surface area contributed by atoms with E-state index in [0.29, 0.717) is 17.5 Å². The monoisotopic (exact) mass is 308 g/mol. The second-order valence-electron chi connectivity index (χ2n) is 6.83. The molecule has 0 heterocycles. The molecule has 2 bridgehead atoms. The van der Waals surface area contributed by atoms with Crippen LogP contribution < -0.4 is 10.5 Å². The van der Waals surface area contributed by atoms with E-state index in [-0.39, 0.29) is 10.9 Å². The highest BCUT2D eigenvalue weighted by Crippen LogP contribution is 2.49. The smallest absolute Gasteiger partial charge is 0.240 e. The number of hydrogen-bond acceptors (Lipinski definition) is 3. The normalized spacial score (nSPS) is 29.7. The molecule has 0 aromatic heterocycles. The molecule has 0 amide bonds. The summed E-state index contributed by atoms with van der Waals surface area (Å²) >= 11 is 0. The van der Waals surface area contributed by atoms with Crippen molar-refractivity contribution in [2.45, 2.75) is 50.5 Å². The van der Waals surface area contributed by atoms with Crippen LogP contribution in [0.15, 0.2) is 23.1 Å². The Morgan fingerprint density at radius 2 is 2.00 bits per heavy atom. The van der Waals surface area contributed by atoms with Gasteiger partial charge in [0.2, 0.25) is 10.0 Å². The molecule has 1 aromatic carbocycles. The molecule has 3 N–H and O–H groups in total. The summed E-state index contributed by atoms with van der Waals surface area (Å²) in [5.41, 5.74) is 7.12. The van der Waals surface area contributed by atoms with Gasteiger partial charge in [0.05, 0.1) is 4.90 Å². The third kappa shape index (κ3) is 2.94. The van der Waals surface area contributed by atoms with Gasteiger partial charge in [-0.3, -0.25) is 0 Å². The lowest BCUT2D eigenvalue weighted by Gasteiger charge is -2.28. The maximum atomic E-state index is 12.5. The van der Waals surface area contributed by atoms with Gasteiger partial charge in [-0.1, -0.05) is 6.42 Å². The minimum atomic E-state index is -3.49. The van der Waals surface area contributed by atoms with Crippen molar-refractivity contribution in [3.05, 3.63) is 23.8 Å². The zero-order chi connectivity index (χ0) is 15.2. The fraction of sp³-hybridized carbons (Fsp3) is 0.625. The van der Waals surface area contributed by atoms with Crippen LogP contribution in [0.4, 0.5) is 5.69 Å². The molecule has 0 spiro atoms. The number of rotatable bonds is 4. The molecular formula is C16H24N2O2S. The van der Waals surface area contributed by atoms with E-state index in [2.05, 4.69) is 4.72 Å². The molecule has 0 radical (unpaired) electrons. The van der Waals surface area contributed by atoms with Gasteiger partial charge in [0.15, 0.2) is 0 Å². The van der Waals surface area contributed by atoms with Crippen LogP contribution in [0.1, 0.15) is 38.2 Å². The molecule has 2 aliphatic rings. The summed E-state index contributed by atoms with van der Waals surface area (Å²) in [5, 5.41) is 0. The molecule has 5 heteroatoms. The maximum absolute atomic E-state index is 12.5. The Kier molecular flexibility index (Phi) is 3.74. The lowest BCUT2D eigenvalue weighted by molar-refractivity contribution is 0.280. The molecule has 116 valence electrons. The largest absolute Gasteiger partial charge is 0.399 e. The highest BCUT2D eigenvalue weighted by atomic mass is 32.2. The highest BCUT2D eigenvalue weighted by molar-refractivity contribution is 7.89. The van der Waals surface area contributed by atoms with E-state index >= 15 is 0 Å². The number of fused-ring (bicyclic) bond motifs is 2. The van der Waals surface area contributed by atoms with E-state index in [0.717, 1.165) is 11.5 Å². The van der Waals surface area contributed by atoms with E-state index in [1.165, 1.54) is 31.7 Å². The number of sulfonamides is 1. The third-order valence-electron chi connectivity index (χ3n) is 5.16. The predicted molar refractivity (Wildman–Crippen MR) is 84.3 cm³/mol. The van der Waals surface area contributed by atoms with Crippen molar-refractivity contribution >= 4 is 15.7 Å². The van der Waals surface area contributed by atoms with Crippen LogP contribution in [0.25, 0.3) is 0 Å². The first kappa shape index (κ1) is 14.9. The number of nitrogen functional groups attached to an aromatic ring is 1. The van der Waals surface area contributed by atoms with Gasteiger partial charge in [-0.2, -0.15) is 0 Å². The average Bonchev–Trinajstić information content (AvgIpc) is 2.99. The van der Waals surface area contributed by atoms with Crippen LogP contribution in [-0.2, 0) is 10.0 Å². The third-order valence-corrected chi connectivity index (χ3v) is 6.70. The van der Waals surface area contributed by atoms with E-state index in [1.54, 1.807) is 12.1 Å². The first-order chi connectivity index (χ1) is 9.85. The molecule has 21 heavy (non-hydrogen) atoms. The molecule has 2 saturated carbocycles. The first-order valence-corrected chi connectivity index (χ1v) is 9.23. The standard InChI is InChI=1S/C16H24N2O2S/c1-10-5-14(17)9-15(6-10)21(19,20)18-11(2)16-8-12-3-4-13(16)7-12/h5-6,9,11-13,16,18H,3-4,7-8,17H2,1-2H3. The van der Waals surface area contributed by atoms with Crippen LogP contribution in [0.2, 0.25) is 0 Å². The Morgan fingerprint density at radius 1 is 1.24 bits per heavy atom. The van der Waals surface area contributed by atoms with E-state index in [1.807, 2.05) is 13.8 Å². The number of nitrogens with one attached hydrogen (secondary N) is 1. The van der Waals surface area contributed by atoms with Gasteiger partial charge < -0.3 is 5.73 Å². The van der Waals surface area contributed by atoms with Gasteiger partial charge in [0, 0.05) is 11.7 Å². The Bertz CT molecular complexity index is 621. The number of benzene rings is 1. The summed E-state index contributed by atoms with van der Waals surface area (Å²) in [6.07, 6.45) is 5.05. The fourth-order valence-electron chi connectivity index (χ4n) is 4.24. The van der Waals surface area contributed by atoms with Crippen molar-refractivity contribution in [3.8, 4) is 0 Å². The SMILES string of the molecule is Cc1cc(N)cc(S(=O)(=O)NC(C)C2CC3CCC2C3)c1. The number of hydrogen-bond donors (Lipinski definition) is 2. The second kappa shape index (κ2) is 5.29. The summed E-state index contributed by atoms with van der Waals surface area (Å²) in [6.45, 7) is 3.86. The van der Waals surface area contributed by atoms with E-state index in [4.69, 9.17) is 5.73 Å². The number of nitrogens with two attached hydrogens (primary N) is 1. The molecule has 0 saturated heterocycles. The van der Waals surface area contributed by atoms with Gasteiger partial charge in [0.1, 0.15) is 0 Å². The molecule has 0 aliphatic heterocycles. The zero-order valence-electron chi connectivity index (χ0n) is 12.7. The minimum absolute atomic E-state index is 0.00737. The van der Waals surface area contributed by atoms with Crippen molar-refractivity contribution in [1.29, 1.82) is 0 Å². The van der Waals surface area contributed by atoms with Crippen molar-refractivity contribution < 1.29 is 8.42 Å². The Morgan fingerprint density at radius 3 is 2.57 bits per heavy atom. The summed E-state index contributed by atoms with van der Waals surface area (Å²) < 4.78 is 28.0. The van der Waals surface area contributed by atoms with Crippen molar-refractivity contribution in [3.63, 3.8) is 0 Å². The molecule has 1 aromatic rings. The lowest BCUT2D eigenvalue weighted by Crippen LogP contribution is -2.40. The van der Waals surface area contributed by atoms with Crippen molar-refractivity contribution in [1.82, 2.24) is 4.72 Å². The Labute approximate surface area is 127 Å². The van der Waals surface area contributed by atoms with E-state index < -0.39 is 10.0 Å². The minimum Gasteiger partial charge on any atom is -0.399 e. The van der Waals surface area contributed by atoms with Gasteiger partial charge in [0.25, 0.3) is 0 Å². The average molecular weight is 308 g/mol. The Hall–Kier alpha value is -1.07. The first-order valence-electron chi connectivity index (χ1n) is 7.74. The number of anilines is 1. The molecule has 4 atom stereocenters. The van der Waals surface area contributed by atoms with Crippen molar-refractivity contribution in [2.75, 3.05) is 5.73 Å². The number of aryl methyl sites for hydroxylation is 1. The van der Waals surface area contributed by atoms with Crippen LogP contribution in [-0.4, -0.2) is 14.5 Å². The summed E-state index contributed by atoms with van der Waals surface area (Å²) in [4.78, 5) is 0.273. The van der Waals surface area contributed by atoms with Gasteiger partial charge in [-0.05, 0) is 74.6 Å². The van der Waals surface area contributed by atoms with Crippen LogP contribution in [0, 0.1) is 24.7 Å². The quantitative estimate of drug-likeness (QED) is 0.840. The fourth-order valence-corrected chi connectivity index (χ4v) is 5.67. The van der Waals surface area contributed by atoms with Crippen LogP contribution in [0.3, 0.4) is 0 Å². The van der Waals surface area contributed by atoms with Gasteiger partial charge in [-0.15, -0.1) is 0 Å². The highest BCUT2D eigenvalue weighted by Gasteiger charge is 2.42.